The summed E-state index contributed by atoms with van der Waals surface area (Å²) in [4.78, 5) is 0. The van der Waals surface area contributed by atoms with Crippen LogP contribution in [0.3, 0.4) is 0 Å². The number of nitriles is 1. The molecular formula is C14H21NS. The number of hydrogen-bond donors (Lipinski definition) is 0. The molecule has 0 N–H and O–H groups in total. The molecule has 88 valence electrons. The van der Waals surface area contributed by atoms with E-state index in [4.69, 9.17) is 5.26 Å². The van der Waals surface area contributed by atoms with Gasteiger partial charge in [-0.05, 0) is 17.7 Å². The van der Waals surface area contributed by atoms with Gasteiger partial charge in [-0.1, -0.05) is 46.8 Å². The third-order valence-corrected chi connectivity index (χ3v) is 3.10. The Morgan fingerprint density at radius 3 is 2.00 bits per heavy atom. The van der Waals surface area contributed by atoms with Gasteiger partial charge < -0.3 is 0 Å². The van der Waals surface area contributed by atoms with Gasteiger partial charge in [0, 0.05) is 10.5 Å². The van der Waals surface area contributed by atoms with Crippen molar-refractivity contribution in [1.29, 1.82) is 5.26 Å². The van der Waals surface area contributed by atoms with Crippen LogP contribution in [-0.2, 0) is 5.75 Å². The maximum atomic E-state index is 8.63. The Morgan fingerprint density at radius 2 is 1.62 bits per heavy atom. The SMILES string of the molecule is CC.CC(C)(C)SCc1ccc(C#N)cc1. The van der Waals surface area contributed by atoms with Crippen LogP contribution in [0.2, 0.25) is 0 Å². The Kier molecular flexibility index (Phi) is 6.92. The molecule has 1 nitrogen and oxygen atoms in total. The molecule has 0 aliphatic rings. The quantitative estimate of drug-likeness (QED) is 0.747. The zero-order valence-electron chi connectivity index (χ0n) is 10.9. The summed E-state index contributed by atoms with van der Waals surface area (Å²) < 4.78 is 0.300. The molecule has 2 heteroatoms. The van der Waals surface area contributed by atoms with E-state index in [1.54, 1.807) is 0 Å². The molecule has 0 bridgehead atoms. The fourth-order valence-corrected chi connectivity index (χ4v) is 1.77. The normalized spacial score (nSPS) is 10.0. The number of benzene rings is 1. The van der Waals surface area contributed by atoms with Gasteiger partial charge in [-0.15, -0.1) is 0 Å². The van der Waals surface area contributed by atoms with Crippen molar-refractivity contribution in [3.05, 3.63) is 35.4 Å². The Morgan fingerprint density at radius 1 is 1.12 bits per heavy atom. The fraction of sp³-hybridized carbons (Fsp3) is 0.500. The topological polar surface area (TPSA) is 23.8 Å². The lowest BCUT2D eigenvalue weighted by atomic mass is 10.2. The molecule has 0 amide bonds. The summed E-state index contributed by atoms with van der Waals surface area (Å²) in [6, 6.07) is 9.92. The van der Waals surface area contributed by atoms with Crippen molar-refractivity contribution in [2.24, 2.45) is 0 Å². The molecule has 1 aromatic rings. The second kappa shape index (κ2) is 7.35. The molecular weight excluding hydrogens is 214 g/mol. The van der Waals surface area contributed by atoms with Crippen LogP contribution in [0, 0.1) is 11.3 Å². The summed E-state index contributed by atoms with van der Waals surface area (Å²) >= 11 is 1.92. The largest absolute Gasteiger partial charge is 0.192 e. The van der Waals surface area contributed by atoms with Crippen LogP contribution in [0.1, 0.15) is 45.7 Å². The minimum absolute atomic E-state index is 0.300. The molecule has 1 aromatic carbocycles. The van der Waals surface area contributed by atoms with Gasteiger partial charge in [0.15, 0.2) is 0 Å². The number of rotatable bonds is 2. The molecule has 0 fully saturated rings. The van der Waals surface area contributed by atoms with Gasteiger partial charge in [-0.25, -0.2) is 0 Å². The molecule has 0 heterocycles. The molecule has 0 saturated carbocycles. The van der Waals surface area contributed by atoms with Gasteiger partial charge in [-0.3, -0.25) is 0 Å². The van der Waals surface area contributed by atoms with Gasteiger partial charge in [-0.2, -0.15) is 17.0 Å². The third kappa shape index (κ3) is 6.53. The maximum Gasteiger partial charge on any atom is 0.0991 e. The monoisotopic (exact) mass is 235 g/mol. The second-order valence-corrected chi connectivity index (χ2v) is 6.01. The van der Waals surface area contributed by atoms with Crippen molar-refractivity contribution in [3.63, 3.8) is 0 Å². The highest BCUT2D eigenvalue weighted by molar-refractivity contribution is 7.99. The lowest BCUT2D eigenvalue weighted by Gasteiger charge is -2.17. The molecule has 0 saturated heterocycles. The van der Waals surface area contributed by atoms with Crippen LogP contribution in [0.25, 0.3) is 0 Å². The van der Waals surface area contributed by atoms with E-state index >= 15 is 0 Å². The summed E-state index contributed by atoms with van der Waals surface area (Å²) in [7, 11) is 0. The first kappa shape index (κ1) is 15.1. The summed E-state index contributed by atoms with van der Waals surface area (Å²) in [6.45, 7) is 10.6. The molecule has 0 radical (unpaired) electrons. The lowest BCUT2D eigenvalue weighted by Crippen LogP contribution is -2.07. The van der Waals surface area contributed by atoms with E-state index in [9.17, 15) is 0 Å². The highest BCUT2D eigenvalue weighted by Crippen LogP contribution is 2.26. The summed E-state index contributed by atoms with van der Waals surface area (Å²) in [5, 5.41) is 8.63. The van der Waals surface area contributed by atoms with E-state index in [1.165, 1.54) is 5.56 Å². The van der Waals surface area contributed by atoms with E-state index in [2.05, 4.69) is 26.8 Å². The summed E-state index contributed by atoms with van der Waals surface area (Å²) in [6.07, 6.45) is 0. The lowest BCUT2D eigenvalue weighted by molar-refractivity contribution is 0.802. The number of thioether (sulfide) groups is 1. The first-order chi connectivity index (χ1) is 7.51. The molecule has 0 spiro atoms. The minimum Gasteiger partial charge on any atom is -0.192 e. The smallest absolute Gasteiger partial charge is 0.0991 e. The van der Waals surface area contributed by atoms with Gasteiger partial charge in [0.1, 0.15) is 0 Å². The van der Waals surface area contributed by atoms with Crippen LogP contribution in [0.15, 0.2) is 24.3 Å². The van der Waals surface area contributed by atoms with Crippen LogP contribution in [0.5, 0.6) is 0 Å². The van der Waals surface area contributed by atoms with Gasteiger partial charge in [0.25, 0.3) is 0 Å². The third-order valence-electron chi connectivity index (χ3n) is 1.75. The Labute approximate surface area is 104 Å². The molecule has 0 aliphatic carbocycles. The van der Waals surface area contributed by atoms with Gasteiger partial charge in [0.2, 0.25) is 0 Å². The maximum absolute atomic E-state index is 8.63. The van der Waals surface area contributed by atoms with E-state index in [-0.39, 0.29) is 0 Å². The Hall–Kier alpha value is -0.940. The van der Waals surface area contributed by atoms with Crippen LogP contribution < -0.4 is 0 Å². The highest BCUT2D eigenvalue weighted by Gasteiger charge is 2.10. The predicted molar refractivity (Wildman–Crippen MR) is 73.6 cm³/mol. The number of hydrogen-bond acceptors (Lipinski definition) is 2. The van der Waals surface area contributed by atoms with Crippen molar-refractivity contribution >= 4 is 11.8 Å². The number of nitrogens with zero attached hydrogens (tertiary/aromatic N) is 1. The van der Waals surface area contributed by atoms with Crippen molar-refractivity contribution in [1.82, 2.24) is 0 Å². The van der Waals surface area contributed by atoms with E-state index in [0.29, 0.717) is 4.75 Å². The molecule has 0 atom stereocenters. The van der Waals surface area contributed by atoms with Crippen LogP contribution in [0.4, 0.5) is 0 Å². The van der Waals surface area contributed by atoms with E-state index in [0.717, 1.165) is 11.3 Å². The predicted octanol–water partition coefficient (Wildman–Crippen LogP) is 4.62. The van der Waals surface area contributed by atoms with Gasteiger partial charge >= 0.3 is 0 Å². The zero-order chi connectivity index (χ0) is 12.6. The Bertz CT molecular complexity index is 327. The summed E-state index contributed by atoms with van der Waals surface area (Å²) in [5.41, 5.74) is 2.01. The molecule has 16 heavy (non-hydrogen) atoms. The first-order valence-corrected chi connectivity index (χ1v) is 6.63. The average molecular weight is 235 g/mol. The molecule has 0 aromatic heterocycles. The van der Waals surface area contributed by atoms with Gasteiger partial charge in [0.05, 0.1) is 11.6 Å². The molecule has 0 aliphatic heterocycles. The van der Waals surface area contributed by atoms with Crippen molar-refractivity contribution in [3.8, 4) is 6.07 Å². The zero-order valence-corrected chi connectivity index (χ0v) is 11.7. The summed E-state index contributed by atoms with van der Waals surface area (Å²) in [5.74, 6) is 1.01. The first-order valence-electron chi connectivity index (χ1n) is 5.64. The second-order valence-electron chi connectivity index (χ2n) is 4.21. The highest BCUT2D eigenvalue weighted by atomic mass is 32.2. The molecule has 0 unspecified atom stereocenters. The standard InChI is InChI=1S/C12H15NS.C2H6/c1-12(2,3)14-9-11-6-4-10(8-13)5-7-11;1-2/h4-7H,9H2,1-3H3;1-2H3. The van der Waals surface area contributed by atoms with Crippen LogP contribution >= 0.6 is 11.8 Å². The Balaban J connectivity index is 0.00000106. The fourth-order valence-electron chi connectivity index (χ4n) is 0.975. The minimum atomic E-state index is 0.300. The van der Waals surface area contributed by atoms with Crippen molar-refractivity contribution < 1.29 is 0 Å². The average Bonchev–Trinajstić information content (AvgIpc) is 2.29. The van der Waals surface area contributed by atoms with Crippen molar-refractivity contribution in [2.75, 3.05) is 0 Å². The van der Waals surface area contributed by atoms with E-state index < -0.39 is 0 Å². The molecule has 1 rings (SSSR count). The van der Waals surface area contributed by atoms with Crippen LogP contribution in [-0.4, -0.2) is 4.75 Å². The van der Waals surface area contributed by atoms with E-state index in [1.807, 2.05) is 49.9 Å². The van der Waals surface area contributed by atoms with Crippen molar-refractivity contribution in [2.45, 2.75) is 45.1 Å².